The Hall–Kier alpha value is -2.27. The number of imidazole rings is 1. The van der Waals surface area contributed by atoms with Crippen molar-refractivity contribution in [3.8, 4) is 0 Å². The van der Waals surface area contributed by atoms with E-state index in [1.54, 1.807) is 12.4 Å². The number of rotatable bonds is 4. The minimum atomic E-state index is -0.853. The molecule has 0 aliphatic heterocycles. The minimum Gasteiger partial charge on any atom is -0.379 e. The lowest BCUT2D eigenvalue weighted by molar-refractivity contribution is 0.199. The first-order valence-electron chi connectivity index (χ1n) is 6.70. The molecule has 3 rings (SSSR count). The van der Waals surface area contributed by atoms with E-state index in [0.717, 1.165) is 24.0 Å². The van der Waals surface area contributed by atoms with Crippen LogP contribution in [0.5, 0.6) is 0 Å². The second-order valence-corrected chi connectivity index (χ2v) is 4.66. The molecule has 0 bridgehead atoms. The summed E-state index contributed by atoms with van der Waals surface area (Å²) >= 11 is 0. The lowest BCUT2D eigenvalue weighted by Crippen LogP contribution is -2.11. The highest BCUT2D eigenvalue weighted by atomic mass is 16.3. The van der Waals surface area contributed by atoms with Crippen molar-refractivity contribution in [3.05, 3.63) is 54.4 Å². The fourth-order valence-electron chi connectivity index (χ4n) is 2.23. The molecule has 0 saturated heterocycles. The molecule has 1 unspecified atom stereocenters. The van der Waals surface area contributed by atoms with Gasteiger partial charge in [-0.2, -0.15) is 0 Å². The average Bonchev–Trinajstić information content (AvgIpc) is 2.94. The highest BCUT2D eigenvalue weighted by Crippen LogP contribution is 2.20. The van der Waals surface area contributed by atoms with Crippen LogP contribution in [0.2, 0.25) is 0 Å². The van der Waals surface area contributed by atoms with E-state index in [-0.39, 0.29) is 0 Å². The third-order valence-electron chi connectivity index (χ3n) is 3.20. The Balaban J connectivity index is 1.99. The van der Waals surface area contributed by atoms with E-state index < -0.39 is 6.10 Å². The highest BCUT2D eigenvalue weighted by molar-refractivity contribution is 5.73. The molecule has 1 aromatic carbocycles. The standard InChI is InChI=1S/C15H16N4O/c1-2-8-19-9-7-16-15(19)14(20)13-10-17-11-5-3-4-6-12(11)18-13/h3-7,9-10,14,20H,2,8H2,1H3. The Bertz CT molecular complexity index is 722. The van der Waals surface area contributed by atoms with Gasteiger partial charge in [-0.3, -0.25) is 4.98 Å². The van der Waals surface area contributed by atoms with Crippen molar-refractivity contribution in [2.24, 2.45) is 0 Å². The number of aromatic nitrogens is 4. The van der Waals surface area contributed by atoms with Crippen molar-refractivity contribution < 1.29 is 5.11 Å². The van der Waals surface area contributed by atoms with Gasteiger partial charge in [0.25, 0.3) is 0 Å². The number of aliphatic hydroxyl groups excluding tert-OH is 1. The zero-order chi connectivity index (χ0) is 13.9. The van der Waals surface area contributed by atoms with Crippen LogP contribution in [-0.2, 0) is 6.54 Å². The summed E-state index contributed by atoms with van der Waals surface area (Å²) in [6.07, 6.45) is 5.31. The topological polar surface area (TPSA) is 63.8 Å². The molecule has 3 aromatic rings. The number of nitrogens with zero attached hydrogens (tertiary/aromatic N) is 4. The van der Waals surface area contributed by atoms with E-state index in [1.807, 2.05) is 35.0 Å². The number of para-hydroxylation sites is 2. The molecule has 2 heterocycles. The second kappa shape index (κ2) is 5.38. The minimum absolute atomic E-state index is 0.521. The molecule has 0 amide bonds. The summed E-state index contributed by atoms with van der Waals surface area (Å²) in [5, 5.41) is 10.5. The maximum atomic E-state index is 10.5. The monoisotopic (exact) mass is 268 g/mol. The first-order chi connectivity index (χ1) is 9.79. The first-order valence-corrected chi connectivity index (χ1v) is 6.70. The van der Waals surface area contributed by atoms with Gasteiger partial charge in [-0.05, 0) is 18.6 Å². The number of aryl methyl sites for hydroxylation is 1. The fourth-order valence-corrected chi connectivity index (χ4v) is 2.23. The second-order valence-electron chi connectivity index (χ2n) is 4.66. The third kappa shape index (κ3) is 2.28. The van der Waals surface area contributed by atoms with Crippen molar-refractivity contribution in [1.82, 2.24) is 19.5 Å². The Kier molecular flexibility index (Phi) is 3.43. The summed E-state index contributed by atoms with van der Waals surface area (Å²) < 4.78 is 1.95. The summed E-state index contributed by atoms with van der Waals surface area (Å²) in [6.45, 7) is 2.92. The van der Waals surface area contributed by atoms with Crippen LogP contribution in [0, 0.1) is 0 Å². The predicted octanol–water partition coefficient (Wildman–Crippen LogP) is 2.32. The highest BCUT2D eigenvalue weighted by Gasteiger charge is 2.18. The van der Waals surface area contributed by atoms with Crippen LogP contribution in [-0.4, -0.2) is 24.6 Å². The predicted molar refractivity (Wildman–Crippen MR) is 76.1 cm³/mol. The summed E-state index contributed by atoms with van der Waals surface area (Å²) in [7, 11) is 0. The molecule has 0 fully saturated rings. The quantitative estimate of drug-likeness (QED) is 0.788. The number of hydrogen-bond donors (Lipinski definition) is 1. The van der Waals surface area contributed by atoms with Gasteiger partial charge in [-0.25, -0.2) is 9.97 Å². The van der Waals surface area contributed by atoms with E-state index in [9.17, 15) is 5.11 Å². The van der Waals surface area contributed by atoms with Gasteiger partial charge >= 0.3 is 0 Å². The molecule has 5 heteroatoms. The molecule has 0 aliphatic carbocycles. The number of aliphatic hydroxyl groups is 1. The Labute approximate surface area is 117 Å². The van der Waals surface area contributed by atoms with Crippen LogP contribution in [0.1, 0.15) is 31.0 Å². The zero-order valence-electron chi connectivity index (χ0n) is 11.3. The molecule has 1 atom stereocenters. The van der Waals surface area contributed by atoms with Crippen LogP contribution < -0.4 is 0 Å². The molecule has 0 aliphatic rings. The molecule has 2 aromatic heterocycles. The van der Waals surface area contributed by atoms with Gasteiger partial charge in [0.15, 0.2) is 6.10 Å². The van der Waals surface area contributed by atoms with Crippen LogP contribution in [0.15, 0.2) is 42.9 Å². The van der Waals surface area contributed by atoms with Crippen molar-refractivity contribution in [2.75, 3.05) is 0 Å². The van der Waals surface area contributed by atoms with Crippen molar-refractivity contribution >= 4 is 11.0 Å². The largest absolute Gasteiger partial charge is 0.379 e. The van der Waals surface area contributed by atoms with E-state index in [1.165, 1.54) is 0 Å². The van der Waals surface area contributed by atoms with Gasteiger partial charge < -0.3 is 9.67 Å². The van der Waals surface area contributed by atoms with Gasteiger partial charge in [0.2, 0.25) is 0 Å². The maximum absolute atomic E-state index is 10.5. The lowest BCUT2D eigenvalue weighted by atomic mass is 10.2. The maximum Gasteiger partial charge on any atom is 0.155 e. The van der Waals surface area contributed by atoms with Gasteiger partial charge in [-0.1, -0.05) is 19.1 Å². The summed E-state index contributed by atoms with van der Waals surface area (Å²) in [4.78, 5) is 13.0. The van der Waals surface area contributed by atoms with Gasteiger partial charge in [0.1, 0.15) is 5.82 Å². The van der Waals surface area contributed by atoms with Gasteiger partial charge in [0, 0.05) is 18.9 Å². The molecule has 5 nitrogen and oxygen atoms in total. The van der Waals surface area contributed by atoms with E-state index in [0.29, 0.717) is 11.5 Å². The molecule has 102 valence electrons. The van der Waals surface area contributed by atoms with Crippen LogP contribution >= 0.6 is 0 Å². The van der Waals surface area contributed by atoms with Crippen LogP contribution in [0.3, 0.4) is 0 Å². The molecule has 20 heavy (non-hydrogen) atoms. The average molecular weight is 268 g/mol. The van der Waals surface area contributed by atoms with Gasteiger partial charge in [0.05, 0.1) is 22.9 Å². The summed E-state index contributed by atoms with van der Waals surface area (Å²) in [5.74, 6) is 0.608. The third-order valence-corrected chi connectivity index (χ3v) is 3.20. The SMILES string of the molecule is CCCn1ccnc1C(O)c1cnc2ccccc2n1. The fraction of sp³-hybridized carbons (Fsp3) is 0.267. The molecule has 0 saturated carbocycles. The van der Waals surface area contributed by atoms with Crippen LogP contribution in [0.4, 0.5) is 0 Å². The van der Waals surface area contributed by atoms with E-state index >= 15 is 0 Å². The Morgan fingerprint density at radius 2 is 2.00 bits per heavy atom. The number of hydrogen-bond acceptors (Lipinski definition) is 4. The summed E-state index contributed by atoms with van der Waals surface area (Å²) in [5.41, 5.74) is 2.12. The Morgan fingerprint density at radius 3 is 2.80 bits per heavy atom. The normalized spacial score (nSPS) is 12.7. The number of fused-ring (bicyclic) bond motifs is 1. The van der Waals surface area contributed by atoms with E-state index in [2.05, 4.69) is 21.9 Å². The van der Waals surface area contributed by atoms with Gasteiger partial charge in [-0.15, -0.1) is 0 Å². The molecular weight excluding hydrogens is 252 g/mol. The summed E-state index contributed by atoms with van der Waals surface area (Å²) in [6, 6.07) is 7.61. The number of benzene rings is 1. The Morgan fingerprint density at radius 1 is 1.20 bits per heavy atom. The van der Waals surface area contributed by atoms with Crippen molar-refractivity contribution in [2.45, 2.75) is 26.0 Å². The molecule has 0 radical (unpaired) electrons. The smallest absolute Gasteiger partial charge is 0.155 e. The van der Waals surface area contributed by atoms with E-state index in [4.69, 9.17) is 0 Å². The lowest BCUT2D eigenvalue weighted by Gasteiger charge is -2.12. The molecule has 0 spiro atoms. The van der Waals surface area contributed by atoms with Crippen molar-refractivity contribution in [1.29, 1.82) is 0 Å². The van der Waals surface area contributed by atoms with Crippen molar-refractivity contribution in [3.63, 3.8) is 0 Å². The van der Waals surface area contributed by atoms with Crippen LogP contribution in [0.25, 0.3) is 11.0 Å². The first kappa shape index (κ1) is 12.7. The molecular formula is C15H16N4O. The zero-order valence-corrected chi connectivity index (χ0v) is 11.3. The molecule has 1 N–H and O–H groups in total.